The van der Waals surface area contributed by atoms with Gasteiger partial charge in [0.25, 0.3) is 0 Å². The van der Waals surface area contributed by atoms with E-state index in [1.165, 1.54) is 39.1 Å². The van der Waals surface area contributed by atoms with E-state index in [1.807, 2.05) is 0 Å². The van der Waals surface area contributed by atoms with E-state index in [-0.39, 0.29) is 0 Å². The van der Waals surface area contributed by atoms with Gasteiger partial charge in [-0.3, -0.25) is 4.90 Å². The smallest absolute Gasteiger partial charge is 0.0238 e. The molecule has 3 rings (SSSR count). The first-order chi connectivity index (χ1) is 7.24. The van der Waals surface area contributed by atoms with Gasteiger partial charge in [0, 0.05) is 31.7 Å². The largest absolute Gasteiger partial charge is 0.316 e. The molecule has 0 bridgehead atoms. The van der Waals surface area contributed by atoms with Gasteiger partial charge in [-0.25, -0.2) is 0 Å². The summed E-state index contributed by atoms with van der Waals surface area (Å²) in [4.78, 5) is 5.27. The van der Waals surface area contributed by atoms with Gasteiger partial charge in [-0.2, -0.15) is 0 Å². The van der Waals surface area contributed by atoms with Crippen LogP contribution in [0.3, 0.4) is 0 Å². The Bertz CT molecular complexity index is 221. The maximum atomic E-state index is 3.52. The SMILES string of the molecule is CC1CC(N2C[C@H]3CNC[C@H]3C2)CN1C. The first kappa shape index (κ1) is 10.1. The Labute approximate surface area is 92.8 Å². The van der Waals surface area contributed by atoms with Crippen molar-refractivity contribution < 1.29 is 0 Å². The fraction of sp³-hybridized carbons (Fsp3) is 1.00. The number of nitrogens with zero attached hydrogens (tertiary/aromatic N) is 2. The highest BCUT2D eigenvalue weighted by atomic mass is 15.3. The van der Waals surface area contributed by atoms with Crippen molar-refractivity contribution in [3.8, 4) is 0 Å². The molecule has 3 saturated heterocycles. The number of hydrogen-bond donors (Lipinski definition) is 1. The predicted molar refractivity (Wildman–Crippen MR) is 61.9 cm³/mol. The van der Waals surface area contributed by atoms with Crippen molar-refractivity contribution in [3.63, 3.8) is 0 Å². The lowest BCUT2D eigenvalue weighted by Gasteiger charge is -2.24. The van der Waals surface area contributed by atoms with Crippen LogP contribution in [-0.2, 0) is 0 Å². The topological polar surface area (TPSA) is 18.5 Å². The molecule has 3 heteroatoms. The van der Waals surface area contributed by atoms with E-state index >= 15 is 0 Å². The van der Waals surface area contributed by atoms with Gasteiger partial charge in [-0.1, -0.05) is 0 Å². The normalized spacial score (nSPS) is 47.6. The summed E-state index contributed by atoms with van der Waals surface area (Å²) >= 11 is 0. The number of nitrogens with one attached hydrogen (secondary N) is 1. The third-order valence-corrected chi connectivity index (χ3v) is 4.80. The molecule has 0 aromatic carbocycles. The summed E-state index contributed by atoms with van der Waals surface area (Å²) in [6.07, 6.45) is 1.38. The van der Waals surface area contributed by atoms with Crippen LogP contribution in [0.2, 0.25) is 0 Å². The number of likely N-dealkylation sites (N-methyl/N-ethyl adjacent to an activating group) is 1. The van der Waals surface area contributed by atoms with Crippen LogP contribution in [0.25, 0.3) is 0 Å². The molecular formula is C12H23N3. The summed E-state index contributed by atoms with van der Waals surface area (Å²) < 4.78 is 0. The summed E-state index contributed by atoms with van der Waals surface area (Å²) in [6, 6.07) is 1.63. The molecule has 2 unspecified atom stereocenters. The van der Waals surface area contributed by atoms with E-state index in [9.17, 15) is 0 Å². The van der Waals surface area contributed by atoms with Crippen molar-refractivity contribution in [2.45, 2.75) is 25.4 Å². The Kier molecular flexibility index (Phi) is 2.49. The Balaban J connectivity index is 1.61. The lowest BCUT2D eigenvalue weighted by molar-refractivity contribution is 0.226. The second-order valence-corrected chi connectivity index (χ2v) is 5.81. The van der Waals surface area contributed by atoms with Crippen LogP contribution in [0.4, 0.5) is 0 Å². The Morgan fingerprint density at radius 2 is 1.73 bits per heavy atom. The van der Waals surface area contributed by atoms with Crippen LogP contribution in [0.5, 0.6) is 0 Å². The molecule has 3 nitrogen and oxygen atoms in total. The van der Waals surface area contributed by atoms with Crippen LogP contribution < -0.4 is 5.32 Å². The molecule has 0 saturated carbocycles. The standard InChI is InChI=1S/C12H23N3/c1-9-3-12(8-14(9)2)15-6-10-4-13-5-11(10)7-15/h9-13H,3-8H2,1-2H3/t9?,10-,11+,12?. The van der Waals surface area contributed by atoms with Gasteiger partial charge >= 0.3 is 0 Å². The molecule has 0 radical (unpaired) electrons. The molecule has 3 fully saturated rings. The minimum Gasteiger partial charge on any atom is -0.316 e. The van der Waals surface area contributed by atoms with Gasteiger partial charge in [0.05, 0.1) is 0 Å². The first-order valence-corrected chi connectivity index (χ1v) is 6.39. The second-order valence-electron chi connectivity index (χ2n) is 5.81. The highest BCUT2D eigenvalue weighted by Crippen LogP contribution is 2.31. The van der Waals surface area contributed by atoms with Gasteiger partial charge in [0.15, 0.2) is 0 Å². The van der Waals surface area contributed by atoms with Gasteiger partial charge in [0.2, 0.25) is 0 Å². The highest BCUT2D eigenvalue weighted by Gasteiger charge is 2.41. The third kappa shape index (κ3) is 1.71. The molecule has 0 aromatic heterocycles. The van der Waals surface area contributed by atoms with Crippen molar-refractivity contribution in [2.24, 2.45) is 11.8 Å². The van der Waals surface area contributed by atoms with Crippen LogP contribution in [-0.4, -0.2) is 61.7 Å². The minimum absolute atomic E-state index is 0.786. The van der Waals surface area contributed by atoms with Crippen LogP contribution in [0.15, 0.2) is 0 Å². The maximum absolute atomic E-state index is 3.52. The van der Waals surface area contributed by atoms with Crippen LogP contribution in [0, 0.1) is 11.8 Å². The number of hydrogen-bond acceptors (Lipinski definition) is 3. The number of fused-ring (bicyclic) bond motifs is 1. The van der Waals surface area contributed by atoms with E-state index in [1.54, 1.807) is 0 Å². The molecule has 1 N–H and O–H groups in total. The zero-order valence-electron chi connectivity index (χ0n) is 9.95. The molecule has 15 heavy (non-hydrogen) atoms. The summed E-state index contributed by atoms with van der Waals surface area (Å²) in [5, 5.41) is 3.52. The summed E-state index contributed by atoms with van der Waals surface area (Å²) in [5.41, 5.74) is 0. The molecule has 0 aromatic rings. The summed E-state index contributed by atoms with van der Waals surface area (Å²) in [6.45, 7) is 8.87. The first-order valence-electron chi connectivity index (χ1n) is 6.39. The average Bonchev–Trinajstić information content (AvgIpc) is 2.80. The third-order valence-electron chi connectivity index (χ3n) is 4.80. The zero-order valence-corrected chi connectivity index (χ0v) is 9.95. The quantitative estimate of drug-likeness (QED) is 0.667. The molecule has 3 aliphatic rings. The van der Waals surface area contributed by atoms with Crippen molar-refractivity contribution in [1.82, 2.24) is 15.1 Å². The summed E-state index contributed by atoms with van der Waals surface area (Å²) in [7, 11) is 2.27. The van der Waals surface area contributed by atoms with E-state index in [0.29, 0.717) is 0 Å². The molecule has 0 spiro atoms. The van der Waals surface area contributed by atoms with Gasteiger partial charge in [-0.15, -0.1) is 0 Å². The Morgan fingerprint density at radius 3 is 2.27 bits per heavy atom. The lowest BCUT2D eigenvalue weighted by atomic mass is 10.0. The molecule has 3 heterocycles. The molecule has 86 valence electrons. The highest BCUT2D eigenvalue weighted by molar-refractivity contribution is 4.96. The second kappa shape index (κ2) is 3.72. The molecule has 3 aliphatic heterocycles. The fourth-order valence-corrected chi connectivity index (χ4v) is 3.61. The van der Waals surface area contributed by atoms with Crippen LogP contribution in [0.1, 0.15) is 13.3 Å². The van der Waals surface area contributed by atoms with E-state index in [0.717, 1.165) is 23.9 Å². The Hall–Kier alpha value is -0.120. The summed E-state index contributed by atoms with van der Waals surface area (Å²) in [5.74, 6) is 1.90. The van der Waals surface area contributed by atoms with Crippen LogP contribution >= 0.6 is 0 Å². The van der Waals surface area contributed by atoms with Gasteiger partial charge in [-0.05, 0) is 45.3 Å². The maximum Gasteiger partial charge on any atom is 0.0238 e. The average molecular weight is 209 g/mol. The molecular weight excluding hydrogens is 186 g/mol. The monoisotopic (exact) mass is 209 g/mol. The number of rotatable bonds is 1. The van der Waals surface area contributed by atoms with Crippen molar-refractivity contribution >= 4 is 0 Å². The lowest BCUT2D eigenvalue weighted by Crippen LogP contribution is -2.37. The van der Waals surface area contributed by atoms with E-state index in [4.69, 9.17) is 0 Å². The Morgan fingerprint density at radius 1 is 1.07 bits per heavy atom. The van der Waals surface area contributed by atoms with E-state index < -0.39 is 0 Å². The number of likely N-dealkylation sites (tertiary alicyclic amines) is 2. The molecule has 0 amide bonds. The van der Waals surface area contributed by atoms with Gasteiger partial charge < -0.3 is 10.2 Å². The molecule has 4 atom stereocenters. The van der Waals surface area contributed by atoms with Crippen molar-refractivity contribution in [3.05, 3.63) is 0 Å². The van der Waals surface area contributed by atoms with Gasteiger partial charge in [0.1, 0.15) is 0 Å². The van der Waals surface area contributed by atoms with Crippen molar-refractivity contribution in [1.29, 1.82) is 0 Å². The fourth-order valence-electron chi connectivity index (χ4n) is 3.61. The zero-order chi connectivity index (χ0) is 10.4. The van der Waals surface area contributed by atoms with E-state index in [2.05, 4.69) is 29.1 Å². The predicted octanol–water partition coefficient (Wildman–Crippen LogP) is 0.230. The molecule has 0 aliphatic carbocycles. The minimum atomic E-state index is 0.786. The van der Waals surface area contributed by atoms with Crippen molar-refractivity contribution in [2.75, 3.05) is 39.8 Å².